The fraction of sp³-hybridized carbons (Fsp3) is 0.188. The topological polar surface area (TPSA) is 63.0 Å². The van der Waals surface area contributed by atoms with E-state index in [0.717, 1.165) is 16.9 Å². The van der Waals surface area contributed by atoms with Crippen molar-refractivity contribution >= 4 is 40.0 Å². The predicted octanol–water partition coefficient (Wildman–Crippen LogP) is 3.88. The van der Waals surface area contributed by atoms with Crippen LogP contribution in [0.15, 0.2) is 34.7 Å². The highest BCUT2D eigenvalue weighted by molar-refractivity contribution is 8.19. The van der Waals surface area contributed by atoms with E-state index in [9.17, 15) is 4.79 Å². The van der Waals surface area contributed by atoms with E-state index in [1.807, 2.05) is 36.6 Å². The van der Waals surface area contributed by atoms with Crippen LogP contribution in [-0.4, -0.2) is 22.9 Å². The number of methoxy groups -OCH3 is 1. The fourth-order valence-corrected chi connectivity index (χ4v) is 4.07. The van der Waals surface area contributed by atoms with Gasteiger partial charge in [-0.2, -0.15) is 0 Å². The zero-order valence-electron chi connectivity index (χ0n) is 12.1. The van der Waals surface area contributed by atoms with Crippen LogP contribution in [0, 0.1) is 12.3 Å². The van der Waals surface area contributed by atoms with Crippen molar-refractivity contribution in [3.63, 3.8) is 0 Å². The standard InChI is InChI=1S/C16H14N2O2S2/c1-9-3-4-10(7-11(9)20-2)8-12-14(19)13(15(17)22-12)16-18-5-6-21-16/h3-8,13,17H,1-2H3/b12-8-,17-15?/t13-/m1/s1. The Hall–Kier alpha value is -1.92. The molecule has 1 saturated heterocycles. The molecule has 1 atom stereocenters. The highest BCUT2D eigenvalue weighted by Gasteiger charge is 2.38. The van der Waals surface area contributed by atoms with Gasteiger partial charge in [0.1, 0.15) is 16.7 Å². The van der Waals surface area contributed by atoms with E-state index in [0.29, 0.717) is 15.0 Å². The summed E-state index contributed by atoms with van der Waals surface area (Å²) >= 11 is 2.62. The van der Waals surface area contributed by atoms with Crippen molar-refractivity contribution in [2.24, 2.45) is 0 Å². The normalized spacial score (nSPS) is 19.9. The average molecular weight is 330 g/mol. The van der Waals surface area contributed by atoms with Gasteiger partial charge in [0.05, 0.1) is 17.1 Å². The van der Waals surface area contributed by atoms with E-state index in [-0.39, 0.29) is 5.78 Å². The Morgan fingerprint density at radius 1 is 1.41 bits per heavy atom. The molecule has 0 saturated carbocycles. The molecular formula is C16H14N2O2S2. The van der Waals surface area contributed by atoms with Crippen LogP contribution in [0.1, 0.15) is 22.1 Å². The van der Waals surface area contributed by atoms with Gasteiger partial charge in [0.15, 0.2) is 5.78 Å². The van der Waals surface area contributed by atoms with E-state index in [1.165, 1.54) is 23.1 Å². The second-order valence-electron chi connectivity index (χ2n) is 4.87. The lowest BCUT2D eigenvalue weighted by atomic mass is 10.0. The first-order valence-electron chi connectivity index (χ1n) is 6.66. The number of rotatable bonds is 3. The molecule has 6 heteroatoms. The molecule has 112 valence electrons. The highest BCUT2D eigenvalue weighted by atomic mass is 32.2. The minimum absolute atomic E-state index is 0.0514. The molecular weight excluding hydrogens is 316 g/mol. The zero-order chi connectivity index (χ0) is 15.7. The summed E-state index contributed by atoms with van der Waals surface area (Å²) in [6.07, 6.45) is 3.48. The van der Waals surface area contributed by atoms with Gasteiger partial charge in [0, 0.05) is 11.6 Å². The van der Waals surface area contributed by atoms with Crippen LogP contribution in [0.25, 0.3) is 6.08 Å². The number of thioether (sulfide) groups is 1. The monoisotopic (exact) mass is 330 g/mol. The van der Waals surface area contributed by atoms with Crippen molar-refractivity contribution in [3.05, 3.63) is 50.8 Å². The van der Waals surface area contributed by atoms with Crippen molar-refractivity contribution in [3.8, 4) is 5.75 Å². The summed E-state index contributed by atoms with van der Waals surface area (Å²) in [5.74, 6) is 0.199. The smallest absolute Gasteiger partial charge is 0.186 e. The summed E-state index contributed by atoms with van der Waals surface area (Å²) < 4.78 is 5.31. The molecule has 0 unspecified atom stereocenters. The number of ether oxygens (including phenoxy) is 1. The summed E-state index contributed by atoms with van der Waals surface area (Å²) in [5.41, 5.74) is 1.94. The van der Waals surface area contributed by atoms with E-state index >= 15 is 0 Å². The Labute approximate surface area is 136 Å². The number of nitrogens with one attached hydrogen (secondary N) is 1. The van der Waals surface area contributed by atoms with Crippen molar-refractivity contribution in [1.29, 1.82) is 5.41 Å². The largest absolute Gasteiger partial charge is 0.496 e. The lowest BCUT2D eigenvalue weighted by molar-refractivity contribution is -0.114. The maximum Gasteiger partial charge on any atom is 0.186 e. The number of carbonyl (C=O) groups is 1. The molecule has 1 fully saturated rings. The lowest BCUT2D eigenvalue weighted by Gasteiger charge is -2.05. The summed E-state index contributed by atoms with van der Waals surface area (Å²) in [6, 6.07) is 5.80. The van der Waals surface area contributed by atoms with Crippen molar-refractivity contribution in [2.75, 3.05) is 7.11 Å². The molecule has 0 spiro atoms. The van der Waals surface area contributed by atoms with Gasteiger partial charge >= 0.3 is 0 Å². The third-order valence-electron chi connectivity index (χ3n) is 3.42. The number of allylic oxidation sites excluding steroid dienone is 1. The predicted molar refractivity (Wildman–Crippen MR) is 90.9 cm³/mol. The number of aromatic nitrogens is 1. The Kier molecular flexibility index (Phi) is 4.13. The molecule has 2 heterocycles. The molecule has 0 radical (unpaired) electrons. The van der Waals surface area contributed by atoms with Crippen molar-refractivity contribution < 1.29 is 9.53 Å². The maximum atomic E-state index is 12.5. The highest BCUT2D eigenvalue weighted by Crippen LogP contribution is 2.41. The molecule has 0 bridgehead atoms. The molecule has 1 aromatic heterocycles. The van der Waals surface area contributed by atoms with E-state index in [2.05, 4.69) is 4.98 Å². The molecule has 0 amide bonds. The first kappa shape index (κ1) is 15.0. The molecule has 1 aliphatic rings. The number of thiazole rings is 1. The zero-order valence-corrected chi connectivity index (χ0v) is 13.8. The number of ketones is 1. The summed E-state index contributed by atoms with van der Waals surface area (Å²) in [5, 5.41) is 10.9. The van der Waals surface area contributed by atoms with Crippen LogP contribution in [0.3, 0.4) is 0 Å². The Bertz CT molecular complexity index is 766. The fourth-order valence-electron chi connectivity index (χ4n) is 2.27. The number of hydrogen-bond acceptors (Lipinski definition) is 6. The van der Waals surface area contributed by atoms with Crippen molar-refractivity contribution in [1.82, 2.24) is 4.98 Å². The number of carbonyl (C=O) groups excluding carboxylic acids is 1. The van der Waals surface area contributed by atoms with E-state index in [1.54, 1.807) is 13.3 Å². The molecule has 2 aromatic rings. The van der Waals surface area contributed by atoms with Gasteiger partial charge < -0.3 is 4.74 Å². The summed E-state index contributed by atoms with van der Waals surface area (Å²) in [7, 11) is 1.63. The molecule has 3 rings (SSSR count). The number of benzene rings is 1. The van der Waals surface area contributed by atoms with Gasteiger partial charge in [-0.15, -0.1) is 11.3 Å². The number of nitrogens with zero attached hydrogens (tertiary/aromatic N) is 1. The molecule has 0 aliphatic carbocycles. The van der Waals surface area contributed by atoms with Crippen LogP contribution in [-0.2, 0) is 4.79 Å². The molecule has 1 N–H and O–H groups in total. The van der Waals surface area contributed by atoms with E-state index in [4.69, 9.17) is 10.1 Å². The van der Waals surface area contributed by atoms with Crippen LogP contribution in [0.2, 0.25) is 0 Å². The number of Topliss-reactive ketones (excluding diaryl/α,β-unsaturated/α-hetero) is 1. The van der Waals surface area contributed by atoms with Gasteiger partial charge in [0.2, 0.25) is 0 Å². The summed E-state index contributed by atoms with van der Waals surface area (Å²) in [4.78, 5) is 17.3. The minimum Gasteiger partial charge on any atom is -0.496 e. The van der Waals surface area contributed by atoms with Crippen molar-refractivity contribution in [2.45, 2.75) is 12.8 Å². The third-order valence-corrected chi connectivity index (χ3v) is 5.25. The van der Waals surface area contributed by atoms with Gasteiger partial charge in [0.25, 0.3) is 0 Å². The Morgan fingerprint density at radius 2 is 2.23 bits per heavy atom. The Balaban J connectivity index is 1.93. The first-order chi connectivity index (χ1) is 10.6. The molecule has 4 nitrogen and oxygen atoms in total. The van der Waals surface area contributed by atoms with Gasteiger partial charge in [-0.1, -0.05) is 23.9 Å². The number of aryl methyl sites for hydroxylation is 1. The minimum atomic E-state index is -0.538. The van der Waals surface area contributed by atoms with Gasteiger partial charge in [-0.05, 0) is 30.2 Å². The van der Waals surface area contributed by atoms with Crippen LogP contribution in [0.4, 0.5) is 0 Å². The van der Waals surface area contributed by atoms with Gasteiger partial charge in [-0.25, -0.2) is 4.98 Å². The van der Waals surface area contributed by atoms with Crippen LogP contribution < -0.4 is 4.74 Å². The molecule has 1 aliphatic heterocycles. The second kappa shape index (κ2) is 6.06. The summed E-state index contributed by atoms with van der Waals surface area (Å²) in [6.45, 7) is 1.97. The van der Waals surface area contributed by atoms with Crippen LogP contribution >= 0.6 is 23.1 Å². The SMILES string of the molecule is COc1cc(/C=C2\SC(=N)[C@H](c3nccs3)C2=O)ccc1C. The molecule has 1 aromatic carbocycles. The maximum absolute atomic E-state index is 12.5. The third kappa shape index (κ3) is 2.71. The average Bonchev–Trinajstić information content (AvgIpc) is 3.10. The Morgan fingerprint density at radius 3 is 2.91 bits per heavy atom. The second-order valence-corrected chi connectivity index (χ2v) is 6.88. The first-order valence-corrected chi connectivity index (χ1v) is 8.36. The number of hydrogen-bond donors (Lipinski definition) is 1. The lowest BCUT2D eigenvalue weighted by Crippen LogP contribution is -2.11. The van der Waals surface area contributed by atoms with E-state index < -0.39 is 5.92 Å². The quantitative estimate of drug-likeness (QED) is 0.868. The molecule has 22 heavy (non-hydrogen) atoms. The van der Waals surface area contributed by atoms with Crippen LogP contribution in [0.5, 0.6) is 5.75 Å². The van der Waals surface area contributed by atoms with Gasteiger partial charge in [-0.3, -0.25) is 10.2 Å².